The standard InChI is InChI=1S/C22H36N4O2.HI/c1-16(2)21(27)26-14-11-19(12-15-26)25-22(23-4)24-13-10-17(3)18-6-8-20(28-5)9-7-18;/h6-9,16-17,19H,10-15H2,1-5H3,(H2,23,24,25);1H. The summed E-state index contributed by atoms with van der Waals surface area (Å²) in [7, 11) is 3.49. The van der Waals surface area contributed by atoms with Gasteiger partial charge in [0.25, 0.3) is 0 Å². The summed E-state index contributed by atoms with van der Waals surface area (Å²) < 4.78 is 5.22. The van der Waals surface area contributed by atoms with E-state index in [1.54, 1.807) is 14.2 Å². The molecule has 1 unspecified atom stereocenters. The molecule has 1 aliphatic heterocycles. The molecule has 0 spiro atoms. The Labute approximate surface area is 192 Å². The van der Waals surface area contributed by atoms with Crippen molar-refractivity contribution in [1.29, 1.82) is 0 Å². The summed E-state index contributed by atoms with van der Waals surface area (Å²) in [5.74, 6) is 2.53. The van der Waals surface area contributed by atoms with Crippen LogP contribution >= 0.6 is 24.0 Å². The highest BCUT2D eigenvalue weighted by atomic mass is 127. The van der Waals surface area contributed by atoms with Crippen LogP contribution in [0.5, 0.6) is 5.75 Å². The van der Waals surface area contributed by atoms with Crippen LogP contribution in [0.4, 0.5) is 0 Å². The second-order valence-electron chi connectivity index (χ2n) is 7.86. The molecular weight excluding hydrogens is 479 g/mol. The number of carbonyl (C=O) groups excluding carboxylic acids is 1. The second kappa shape index (κ2) is 12.9. The first-order valence-corrected chi connectivity index (χ1v) is 10.3. The van der Waals surface area contributed by atoms with E-state index in [0.29, 0.717) is 12.0 Å². The summed E-state index contributed by atoms with van der Waals surface area (Å²) in [5.41, 5.74) is 1.31. The molecule has 1 saturated heterocycles. The number of rotatable bonds is 7. The molecule has 0 radical (unpaired) electrons. The number of likely N-dealkylation sites (tertiary alicyclic amines) is 1. The van der Waals surface area contributed by atoms with Gasteiger partial charge in [-0.2, -0.15) is 0 Å². The number of hydrogen-bond donors (Lipinski definition) is 2. The number of halogens is 1. The smallest absolute Gasteiger partial charge is 0.225 e. The first-order chi connectivity index (χ1) is 13.4. The van der Waals surface area contributed by atoms with E-state index in [-0.39, 0.29) is 35.8 Å². The number of carbonyl (C=O) groups is 1. The van der Waals surface area contributed by atoms with Gasteiger partial charge in [0, 0.05) is 38.6 Å². The number of guanidine groups is 1. The van der Waals surface area contributed by atoms with Crippen molar-refractivity contribution >= 4 is 35.8 Å². The zero-order valence-electron chi connectivity index (χ0n) is 18.4. The molecule has 1 aromatic rings. The van der Waals surface area contributed by atoms with Gasteiger partial charge in [-0.1, -0.05) is 32.9 Å². The first-order valence-electron chi connectivity index (χ1n) is 10.3. The average molecular weight is 516 g/mol. The molecule has 7 heteroatoms. The predicted octanol–water partition coefficient (Wildman–Crippen LogP) is 3.62. The molecule has 6 nitrogen and oxygen atoms in total. The number of amides is 1. The molecule has 1 fully saturated rings. The van der Waals surface area contributed by atoms with Crippen LogP contribution in [-0.2, 0) is 4.79 Å². The Bertz CT molecular complexity index is 641. The Hall–Kier alpha value is -1.51. The second-order valence-corrected chi connectivity index (χ2v) is 7.86. The molecule has 1 aliphatic rings. The van der Waals surface area contributed by atoms with E-state index < -0.39 is 0 Å². The lowest BCUT2D eigenvalue weighted by Crippen LogP contribution is -2.50. The molecule has 0 aliphatic carbocycles. The molecule has 0 saturated carbocycles. The van der Waals surface area contributed by atoms with Crippen LogP contribution in [0.2, 0.25) is 0 Å². The minimum Gasteiger partial charge on any atom is -0.497 e. The van der Waals surface area contributed by atoms with Gasteiger partial charge >= 0.3 is 0 Å². The first kappa shape index (κ1) is 25.5. The summed E-state index contributed by atoms with van der Waals surface area (Å²) >= 11 is 0. The molecule has 1 aromatic carbocycles. The van der Waals surface area contributed by atoms with Crippen molar-refractivity contribution in [2.45, 2.75) is 52.0 Å². The van der Waals surface area contributed by atoms with Crippen molar-refractivity contribution in [2.75, 3.05) is 33.8 Å². The van der Waals surface area contributed by atoms with Gasteiger partial charge in [-0.25, -0.2) is 0 Å². The third-order valence-corrected chi connectivity index (χ3v) is 5.42. The van der Waals surface area contributed by atoms with Gasteiger partial charge in [0.1, 0.15) is 5.75 Å². The summed E-state index contributed by atoms with van der Waals surface area (Å²) in [4.78, 5) is 18.4. The monoisotopic (exact) mass is 516 g/mol. The molecule has 164 valence electrons. The summed E-state index contributed by atoms with van der Waals surface area (Å²) in [6.07, 6.45) is 2.94. The average Bonchev–Trinajstić information content (AvgIpc) is 2.72. The summed E-state index contributed by atoms with van der Waals surface area (Å²) in [5, 5.41) is 6.93. The highest BCUT2D eigenvalue weighted by Crippen LogP contribution is 2.21. The van der Waals surface area contributed by atoms with Crippen LogP contribution in [0.3, 0.4) is 0 Å². The topological polar surface area (TPSA) is 66.0 Å². The fraction of sp³-hybridized carbons (Fsp3) is 0.636. The Balaban J connectivity index is 0.00000420. The zero-order chi connectivity index (χ0) is 20.5. The molecule has 1 atom stereocenters. The lowest BCUT2D eigenvalue weighted by atomic mass is 9.98. The molecule has 1 heterocycles. The summed E-state index contributed by atoms with van der Waals surface area (Å²) in [6, 6.07) is 8.64. The zero-order valence-corrected chi connectivity index (χ0v) is 20.7. The Morgan fingerprint density at radius 2 is 1.83 bits per heavy atom. The fourth-order valence-corrected chi connectivity index (χ4v) is 3.50. The lowest BCUT2D eigenvalue weighted by Gasteiger charge is -2.34. The third kappa shape index (κ3) is 8.03. The number of piperidine rings is 1. The number of hydrogen-bond acceptors (Lipinski definition) is 3. The largest absolute Gasteiger partial charge is 0.497 e. The normalized spacial score (nSPS) is 16.2. The van der Waals surface area contributed by atoms with Crippen molar-refractivity contribution in [1.82, 2.24) is 15.5 Å². The van der Waals surface area contributed by atoms with Crippen molar-refractivity contribution in [2.24, 2.45) is 10.9 Å². The van der Waals surface area contributed by atoms with E-state index in [0.717, 1.165) is 50.6 Å². The van der Waals surface area contributed by atoms with E-state index in [9.17, 15) is 4.79 Å². The molecule has 2 rings (SSSR count). The van der Waals surface area contributed by atoms with Gasteiger partial charge in [0.05, 0.1) is 7.11 Å². The lowest BCUT2D eigenvalue weighted by molar-refractivity contribution is -0.135. The van der Waals surface area contributed by atoms with Crippen LogP contribution < -0.4 is 15.4 Å². The highest BCUT2D eigenvalue weighted by Gasteiger charge is 2.24. The minimum atomic E-state index is 0. The predicted molar refractivity (Wildman–Crippen MR) is 130 cm³/mol. The van der Waals surface area contributed by atoms with Gasteiger partial charge in [0.2, 0.25) is 5.91 Å². The molecule has 2 N–H and O–H groups in total. The number of aliphatic imine (C=N–C) groups is 1. The maximum Gasteiger partial charge on any atom is 0.225 e. The number of nitrogens with zero attached hydrogens (tertiary/aromatic N) is 2. The van der Waals surface area contributed by atoms with E-state index in [1.165, 1.54) is 5.56 Å². The quantitative estimate of drug-likeness (QED) is 0.330. The Kier molecular flexibility index (Phi) is 11.4. The van der Waals surface area contributed by atoms with Crippen molar-refractivity contribution in [3.05, 3.63) is 29.8 Å². The van der Waals surface area contributed by atoms with Gasteiger partial charge in [-0.15, -0.1) is 24.0 Å². The molecule has 0 aromatic heterocycles. The van der Waals surface area contributed by atoms with Crippen molar-refractivity contribution in [3.63, 3.8) is 0 Å². The Morgan fingerprint density at radius 3 is 2.34 bits per heavy atom. The number of ether oxygens (including phenoxy) is 1. The van der Waals surface area contributed by atoms with Gasteiger partial charge in [0.15, 0.2) is 5.96 Å². The van der Waals surface area contributed by atoms with Gasteiger partial charge < -0.3 is 20.3 Å². The van der Waals surface area contributed by atoms with Crippen LogP contribution in [-0.4, -0.2) is 56.6 Å². The number of methoxy groups -OCH3 is 1. The molecular formula is C22H37IN4O2. The van der Waals surface area contributed by atoms with E-state index in [2.05, 4.69) is 34.7 Å². The van der Waals surface area contributed by atoms with Crippen molar-refractivity contribution < 1.29 is 9.53 Å². The van der Waals surface area contributed by atoms with Crippen LogP contribution in [0.1, 0.15) is 51.5 Å². The van der Waals surface area contributed by atoms with E-state index in [1.807, 2.05) is 30.9 Å². The maximum atomic E-state index is 12.1. The SMILES string of the molecule is CN=C(NCCC(C)c1ccc(OC)cc1)NC1CCN(C(=O)C(C)C)CC1.I. The number of benzene rings is 1. The third-order valence-electron chi connectivity index (χ3n) is 5.42. The minimum absolute atomic E-state index is 0. The number of nitrogens with one attached hydrogen (secondary N) is 2. The maximum absolute atomic E-state index is 12.1. The van der Waals surface area contributed by atoms with Crippen LogP contribution in [0, 0.1) is 5.92 Å². The van der Waals surface area contributed by atoms with Gasteiger partial charge in [-0.3, -0.25) is 9.79 Å². The van der Waals surface area contributed by atoms with E-state index in [4.69, 9.17) is 4.74 Å². The summed E-state index contributed by atoms with van der Waals surface area (Å²) in [6.45, 7) is 8.66. The van der Waals surface area contributed by atoms with E-state index >= 15 is 0 Å². The molecule has 0 bridgehead atoms. The highest BCUT2D eigenvalue weighted by molar-refractivity contribution is 14.0. The Morgan fingerprint density at radius 1 is 1.21 bits per heavy atom. The van der Waals surface area contributed by atoms with Crippen LogP contribution in [0.15, 0.2) is 29.3 Å². The van der Waals surface area contributed by atoms with Gasteiger partial charge in [-0.05, 0) is 42.9 Å². The fourth-order valence-electron chi connectivity index (χ4n) is 3.50. The molecule has 29 heavy (non-hydrogen) atoms. The van der Waals surface area contributed by atoms with Crippen LogP contribution in [0.25, 0.3) is 0 Å². The van der Waals surface area contributed by atoms with Crippen molar-refractivity contribution in [3.8, 4) is 5.75 Å². The molecule has 1 amide bonds.